The molecule has 1 aliphatic rings. The van der Waals surface area contributed by atoms with Crippen LogP contribution in [-0.2, 0) is 28.8 Å². The number of rotatable bonds is 12. The molecule has 0 saturated carbocycles. The molecule has 1 aliphatic heterocycles. The van der Waals surface area contributed by atoms with E-state index in [9.17, 15) is 9.59 Å². The number of hydrogen-bond acceptors (Lipinski definition) is 6. The van der Waals surface area contributed by atoms with Gasteiger partial charge in [0.2, 0.25) is 5.79 Å². The van der Waals surface area contributed by atoms with E-state index in [1.165, 1.54) is 7.11 Å². The molecule has 1 fully saturated rings. The van der Waals surface area contributed by atoms with E-state index in [0.29, 0.717) is 6.42 Å². The first-order valence-corrected chi connectivity index (χ1v) is 9.42. The number of methoxy groups -OCH3 is 2. The van der Waals surface area contributed by atoms with Crippen LogP contribution >= 0.6 is 0 Å². The molecule has 1 rings (SSSR count). The third-order valence-corrected chi connectivity index (χ3v) is 5.04. The molecule has 0 radical (unpaired) electrons. The van der Waals surface area contributed by atoms with Gasteiger partial charge in [-0.25, -0.2) is 9.78 Å². The predicted octanol–water partition coefficient (Wildman–Crippen LogP) is 3.81. The molecule has 1 saturated heterocycles. The zero-order valence-electron chi connectivity index (χ0n) is 16.1. The smallest absolute Gasteiger partial charge is 0.308 e. The van der Waals surface area contributed by atoms with Crippen LogP contribution in [0.2, 0.25) is 0 Å². The van der Waals surface area contributed by atoms with E-state index in [4.69, 9.17) is 14.5 Å². The topological polar surface area (TPSA) is 71.1 Å². The molecule has 0 aliphatic carbocycles. The van der Waals surface area contributed by atoms with E-state index in [2.05, 4.69) is 11.7 Å². The summed E-state index contributed by atoms with van der Waals surface area (Å²) in [4.78, 5) is 33.4. The highest BCUT2D eigenvalue weighted by Gasteiger charge is 2.42. The molecule has 25 heavy (non-hydrogen) atoms. The van der Waals surface area contributed by atoms with Crippen molar-refractivity contribution in [2.75, 3.05) is 14.2 Å². The monoisotopic (exact) mass is 358 g/mol. The average Bonchev–Trinajstić information content (AvgIpc) is 2.62. The summed E-state index contributed by atoms with van der Waals surface area (Å²) in [6.07, 6.45) is 8.36. The fourth-order valence-electron chi connectivity index (χ4n) is 3.38. The summed E-state index contributed by atoms with van der Waals surface area (Å²) in [6, 6.07) is 0. The summed E-state index contributed by atoms with van der Waals surface area (Å²) in [5.74, 6) is -0.729. The Morgan fingerprint density at radius 3 is 2.60 bits per heavy atom. The Kier molecular flexibility index (Phi) is 10.2. The molecule has 0 aromatic heterocycles. The van der Waals surface area contributed by atoms with Crippen molar-refractivity contribution in [1.82, 2.24) is 0 Å². The van der Waals surface area contributed by atoms with E-state index >= 15 is 0 Å². The number of carbonyl (C=O) groups is 2. The summed E-state index contributed by atoms with van der Waals surface area (Å²) < 4.78 is 10.3. The van der Waals surface area contributed by atoms with Crippen molar-refractivity contribution in [2.45, 2.75) is 83.5 Å². The van der Waals surface area contributed by atoms with Crippen LogP contribution < -0.4 is 0 Å². The van der Waals surface area contributed by atoms with Crippen LogP contribution in [0, 0.1) is 11.8 Å². The second-order valence-corrected chi connectivity index (χ2v) is 7.08. The van der Waals surface area contributed by atoms with Crippen LogP contribution in [0.1, 0.15) is 71.6 Å². The van der Waals surface area contributed by atoms with Crippen molar-refractivity contribution in [2.24, 2.45) is 11.8 Å². The van der Waals surface area contributed by atoms with Gasteiger partial charge in [-0.3, -0.25) is 4.79 Å². The zero-order valence-corrected chi connectivity index (χ0v) is 16.1. The SMILES string of the molecule is CCCC(C=O)CCCCC[C@]1(OC)C[C@H](C)[C@H](CC(=O)OC)OO1. The van der Waals surface area contributed by atoms with Gasteiger partial charge in [-0.1, -0.05) is 33.1 Å². The summed E-state index contributed by atoms with van der Waals surface area (Å²) >= 11 is 0. The summed E-state index contributed by atoms with van der Waals surface area (Å²) in [7, 11) is 2.99. The van der Waals surface area contributed by atoms with Gasteiger partial charge in [0.05, 0.1) is 13.5 Å². The van der Waals surface area contributed by atoms with Crippen molar-refractivity contribution in [3.05, 3.63) is 0 Å². The Morgan fingerprint density at radius 2 is 2.04 bits per heavy atom. The van der Waals surface area contributed by atoms with E-state index < -0.39 is 5.79 Å². The van der Waals surface area contributed by atoms with Gasteiger partial charge in [-0.05, 0) is 25.2 Å². The maximum absolute atomic E-state index is 11.4. The molecule has 0 aromatic carbocycles. The molecule has 1 unspecified atom stereocenters. The third-order valence-electron chi connectivity index (χ3n) is 5.04. The first-order valence-electron chi connectivity index (χ1n) is 9.42. The van der Waals surface area contributed by atoms with E-state index in [1.807, 2.05) is 6.92 Å². The Hall–Kier alpha value is -0.980. The van der Waals surface area contributed by atoms with Crippen molar-refractivity contribution >= 4 is 12.3 Å². The average molecular weight is 358 g/mol. The Morgan fingerprint density at radius 1 is 1.28 bits per heavy atom. The lowest BCUT2D eigenvalue weighted by Crippen LogP contribution is -2.46. The highest BCUT2D eigenvalue weighted by atomic mass is 17.2. The number of carbonyl (C=O) groups excluding carboxylic acids is 2. The maximum Gasteiger partial charge on any atom is 0.308 e. The number of aldehydes is 1. The molecule has 6 nitrogen and oxygen atoms in total. The second-order valence-electron chi connectivity index (χ2n) is 7.08. The van der Waals surface area contributed by atoms with Crippen molar-refractivity contribution < 1.29 is 28.8 Å². The minimum Gasteiger partial charge on any atom is -0.469 e. The molecule has 146 valence electrons. The summed E-state index contributed by atoms with van der Waals surface area (Å²) in [5.41, 5.74) is 0. The first-order chi connectivity index (χ1) is 12.0. The van der Waals surface area contributed by atoms with Crippen molar-refractivity contribution in [3.63, 3.8) is 0 Å². The molecule has 0 N–H and O–H groups in total. The molecular formula is C19H34O6. The molecular weight excluding hydrogens is 324 g/mol. The van der Waals surface area contributed by atoms with Crippen LogP contribution in [0.4, 0.5) is 0 Å². The van der Waals surface area contributed by atoms with E-state index in [-0.39, 0.29) is 30.3 Å². The van der Waals surface area contributed by atoms with Gasteiger partial charge < -0.3 is 14.3 Å². The largest absolute Gasteiger partial charge is 0.469 e. The molecule has 4 atom stereocenters. The van der Waals surface area contributed by atoms with Gasteiger partial charge in [-0.15, -0.1) is 0 Å². The van der Waals surface area contributed by atoms with Gasteiger partial charge in [0.25, 0.3) is 0 Å². The second kappa shape index (κ2) is 11.6. The lowest BCUT2D eigenvalue weighted by molar-refractivity contribution is -0.475. The van der Waals surface area contributed by atoms with Crippen LogP contribution in [0.5, 0.6) is 0 Å². The normalized spacial score (nSPS) is 27.7. The van der Waals surface area contributed by atoms with Gasteiger partial charge >= 0.3 is 5.97 Å². The van der Waals surface area contributed by atoms with Crippen LogP contribution in [-0.4, -0.2) is 38.4 Å². The Bertz CT molecular complexity index is 399. The minimum atomic E-state index is -0.750. The fraction of sp³-hybridized carbons (Fsp3) is 0.895. The lowest BCUT2D eigenvalue weighted by atomic mass is 9.89. The van der Waals surface area contributed by atoms with Crippen molar-refractivity contribution in [1.29, 1.82) is 0 Å². The molecule has 0 amide bonds. The predicted molar refractivity (Wildman–Crippen MR) is 93.7 cm³/mol. The van der Waals surface area contributed by atoms with Gasteiger partial charge in [0.15, 0.2) is 0 Å². The van der Waals surface area contributed by atoms with E-state index in [1.54, 1.807) is 7.11 Å². The Balaban J connectivity index is 2.35. The number of unbranched alkanes of at least 4 members (excludes halogenated alkanes) is 2. The highest BCUT2D eigenvalue weighted by Crippen LogP contribution is 2.37. The fourth-order valence-corrected chi connectivity index (χ4v) is 3.38. The molecule has 0 bridgehead atoms. The quantitative estimate of drug-likeness (QED) is 0.229. The van der Waals surface area contributed by atoms with Crippen molar-refractivity contribution in [3.8, 4) is 0 Å². The molecule has 0 spiro atoms. The third kappa shape index (κ3) is 7.42. The summed E-state index contributed by atoms with van der Waals surface area (Å²) in [5, 5.41) is 0. The van der Waals surface area contributed by atoms with E-state index in [0.717, 1.165) is 51.2 Å². The van der Waals surface area contributed by atoms with Crippen LogP contribution in [0.25, 0.3) is 0 Å². The maximum atomic E-state index is 11.4. The zero-order chi connectivity index (χ0) is 18.7. The number of ether oxygens (including phenoxy) is 2. The minimum absolute atomic E-state index is 0.136. The standard InChI is InChI=1S/C19H34O6/c1-5-9-16(14-20)10-7-6-8-11-19(23-4)13-15(2)17(24-25-19)12-18(21)22-3/h14-17H,5-13H2,1-4H3/t15-,16?,17-,19+/m0/s1. The molecule has 1 heterocycles. The lowest BCUT2D eigenvalue weighted by Gasteiger charge is -2.40. The van der Waals surface area contributed by atoms with Gasteiger partial charge in [0, 0.05) is 25.9 Å². The molecule has 0 aromatic rings. The number of esters is 1. The van der Waals surface area contributed by atoms with Crippen LogP contribution in [0.15, 0.2) is 0 Å². The van der Waals surface area contributed by atoms with Crippen LogP contribution in [0.3, 0.4) is 0 Å². The van der Waals surface area contributed by atoms with Gasteiger partial charge in [-0.2, -0.15) is 0 Å². The molecule has 6 heteroatoms. The van der Waals surface area contributed by atoms with Gasteiger partial charge in [0.1, 0.15) is 12.4 Å². The Labute approximate surface area is 151 Å². The first kappa shape index (κ1) is 22.1. The number of hydrogen-bond donors (Lipinski definition) is 0. The highest BCUT2D eigenvalue weighted by molar-refractivity contribution is 5.69. The summed E-state index contributed by atoms with van der Waals surface area (Å²) in [6.45, 7) is 4.14.